The maximum absolute atomic E-state index is 11.7. The number of aryl methyl sites for hydroxylation is 1. The van der Waals surface area contributed by atoms with Gasteiger partial charge in [0.2, 0.25) is 0 Å². The first-order valence-corrected chi connectivity index (χ1v) is 7.22. The minimum atomic E-state index is -0.457. The number of nitrogens with one attached hydrogen (secondary N) is 1. The molecular formula is C17H27NO2. The summed E-state index contributed by atoms with van der Waals surface area (Å²) in [6.45, 7) is 12.6. The monoisotopic (exact) mass is 277 g/mol. The average Bonchev–Trinajstić information content (AvgIpc) is 2.29. The molecule has 1 N–H and O–H groups in total. The molecule has 1 amide bonds. The Morgan fingerprint density at radius 3 is 2.20 bits per heavy atom. The smallest absolute Gasteiger partial charge is 0.407 e. The van der Waals surface area contributed by atoms with Crippen molar-refractivity contribution in [3.05, 3.63) is 35.4 Å². The van der Waals surface area contributed by atoms with Crippen LogP contribution in [0.15, 0.2) is 24.3 Å². The Morgan fingerprint density at radius 2 is 1.75 bits per heavy atom. The van der Waals surface area contributed by atoms with Crippen molar-refractivity contribution in [3.8, 4) is 0 Å². The summed E-state index contributed by atoms with van der Waals surface area (Å²) in [6.07, 6.45) is -0.352. The van der Waals surface area contributed by atoms with Gasteiger partial charge in [-0.05, 0) is 39.2 Å². The van der Waals surface area contributed by atoms with E-state index in [1.807, 2.05) is 20.8 Å². The largest absolute Gasteiger partial charge is 0.444 e. The van der Waals surface area contributed by atoms with Crippen molar-refractivity contribution in [1.29, 1.82) is 0 Å². The van der Waals surface area contributed by atoms with Gasteiger partial charge in [-0.3, -0.25) is 0 Å². The van der Waals surface area contributed by atoms with Gasteiger partial charge in [0.25, 0.3) is 0 Å². The molecule has 3 heteroatoms. The predicted molar refractivity (Wildman–Crippen MR) is 83.0 cm³/mol. The molecule has 20 heavy (non-hydrogen) atoms. The van der Waals surface area contributed by atoms with Crippen LogP contribution >= 0.6 is 0 Å². The summed E-state index contributed by atoms with van der Waals surface area (Å²) in [5.41, 5.74) is 2.04. The third kappa shape index (κ3) is 5.64. The first-order valence-electron chi connectivity index (χ1n) is 7.22. The summed E-state index contributed by atoms with van der Waals surface area (Å²) in [5.74, 6) is 0.746. The Balaban J connectivity index is 2.65. The van der Waals surface area contributed by atoms with Crippen LogP contribution in [-0.4, -0.2) is 18.2 Å². The highest BCUT2D eigenvalue weighted by Gasteiger charge is 2.20. The molecule has 1 atom stereocenters. The normalized spacial score (nSPS) is 13.2. The summed E-state index contributed by atoms with van der Waals surface area (Å²) < 4.78 is 5.27. The molecule has 0 aliphatic rings. The average molecular weight is 277 g/mol. The number of hydrogen-bond donors (Lipinski definition) is 1. The number of benzene rings is 1. The number of amides is 1. The molecule has 1 unspecified atom stereocenters. The lowest BCUT2D eigenvalue weighted by atomic mass is 9.88. The van der Waals surface area contributed by atoms with E-state index in [4.69, 9.17) is 4.74 Å². The summed E-state index contributed by atoms with van der Waals surface area (Å²) in [4.78, 5) is 11.7. The van der Waals surface area contributed by atoms with E-state index < -0.39 is 5.60 Å². The predicted octanol–water partition coefficient (Wildman–Crippen LogP) is 4.26. The molecule has 1 aromatic carbocycles. The van der Waals surface area contributed by atoms with Crippen molar-refractivity contribution < 1.29 is 9.53 Å². The molecule has 0 heterocycles. The molecule has 0 radical (unpaired) electrons. The van der Waals surface area contributed by atoms with Gasteiger partial charge in [-0.25, -0.2) is 4.79 Å². The van der Waals surface area contributed by atoms with E-state index in [1.165, 1.54) is 11.1 Å². The number of rotatable bonds is 4. The van der Waals surface area contributed by atoms with Crippen LogP contribution < -0.4 is 5.32 Å². The highest BCUT2D eigenvalue weighted by Crippen LogP contribution is 2.24. The Hall–Kier alpha value is -1.51. The van der Waals surface area contributed by atoms with Gasteiger partial charge in [-0.15, -0.1) is 0 Å². The van der Waals surface area contributed by atoms with E-state index in [2.05, 4.69) is 50.4 Å². The van der Waals surface area contributed by atoms with E-state index in [0.29, 0.717) is 18.4 Å². The standard InChI is InChI=1S/C17H27NO2/c1-12(2)15(14-9-7-13(3)8-10-14)11-18-16(19)20-17(4,5)6/h7-10,12,15H,11H2,1-6H3,(H,18,19). The van der Waals surface area contributed by atoms with Crippen molar-refractivity contribution in [2.45, 2.75) is 53.1 Å². The minimum absolute atomic E-state index is 0.295. The summed E-state index contributed by atoms with van der Waals surface area (Å²) >= 11 is 0. The van der Waals surface area contributed by atoms with Gasteiger partial charge in [0.15, 0.2) is 0 Å². The van der Waals surface area contributed by atoms with Gasteiger partial charge in [0.05, 0.1) is 0 Å². The van der Waals surface area contributed by atoms with E-state index in [0.717, 1.165) is 0 Å². The summed E-state index contributed by atoms with van der Waals surface area (Å²) in [6, 6.07) is 8.49. The molecule has 3 nitrogen and oxygen atoms in total. The lowest BCUT2D eigenvalue weighted by Crippen LogP contribution is -2.35. The van der Waals surface area contributed by atoms with Gasteiger partial charge in [0, 0.05) is 12.5 Å². The van der Waals surface area contributed by atoms with E-state index >= 15 is 0 Å². The molecule has 0 aliphatic heterocycles. The molecule has 112 valence electrons. The van der Waals surface area contributed by atoms with Crippen LogP contribution in [0.3, 0.4) is 0 Å². The Morgan fingerprint density at radius 1 is 1.20 bits per heavy atom. The number of ether oxygens (including phenoxy) is 1. The Labute approximate surface area is 122 Å². The number of carbonyl (C=O) groups is 1. The van der Waals surface area contributed by atoms with Crippen molar-refractivity contribution in [2.24, 2.45) is 5.92 Å². The molecule has 0 spiro atoms. The van der Waals surface area contributed by atoms with Crippen molar-refractivity contribution in [1.82, 2.24) is 5.32 Å². The molecule has 0 bridgehead atoms. The zero-order valence-corrected chi connectivity index (χ0v) is 13.5. The number of alkyl carbamates (subject to hydrolysis) is 1. The maximum Gasteiger partial charge on any atom is 0.407 e. The molecule has 1 aromatic rings. The number of hydrogen-bond acceptors (Lipinski definition) is 2. The van der Waals surface area contributed by atoms with Crippen LogP contribution in [0.25, 0.3) is 0 Å². The molecule has 0 aromatic heterocycles. The fraction of sp³-hybridized carbons (Fsp3) is 0.588. The van der Waals surface area contributed by atoms with Crippen molar-refractivity contribution in [2.75, 3.05) is 6.54 Å². The number of carbonyl (C=O) groups excluding carboxylic acids is 1. The van der Waals surface area contributed by atoms with Crippen LogP contribution in [0.5, 0.6) is 0 Å². The van der Waals surface area contributed by atoms with E-state index in [-0.39, 0.29) is 6.09 Å². The second-order valence-electron chi connectivity index (χ2n) is 6.64. The van der Waals surface area contributed by atoms with Gasteiger partial charge in [-0.1, -0.05) is 43.7 Å². The lowest BCUT2D eigenvalue weighted by molar-refractivity contribution is 0.0522. The summed E-state index contributed by atoms with van der Waals surface area (Å²) in [7, 11) is 0. The van der Waals surface area contributed by atoms with Gasteiger partial charge < -0.3 is 10.1 Å². The van der Waals surface area contributed by atoms with Crippen LogP contribution in [-0.2, 0) is 4.74 Å². The maximum atomic E-state index is 11.7. The van der Waals surface area contributed by atoms with Gasteiger partial charge in [0.1, 0.15) is 5.60 Å². The topological polar surface area (TPSA) is 38.3 Å². The molecule has 0 saturated heterocycles. The van der Waals surface area contributed by atoms with Crippen LogP contribution in [0, 0.1) is 12.8 Å². The molecular weight excluding hydrogens is 250 g/mol. The van der Waals surface area contributed by atoms with Gasteiger partial charge in [-0.2, -0.15) is 0 Å². The molecule has 1 rings (SSSR count). The van der Waals surface area contributed by atoms with Crippen LogP contribution in [0.4, 0.5) is 4.79 Å². The fourth-order valence-corrected chi connectivity index (χ4v) is 2.06. The second kappa shape index (κ2) is 6.78. The van der Waals surface area contributed by atoms with Crippen molar-refractivity contribution >= 4 is 6.09 Å². The summed E-state index contributed by atoms with van der Waals surface area (Å²) in [5, 5.41) is 2.87. The minimum Gasteiger partial charge on any atom is -0.444 e. The van der Waals surface area contributed by atoms with Crippen LogP contribution in [0.1, 0.15) is 51.7 Å². The zero-order valence-electron chi connectivity index (χ0n) is 13.5. The van der Waals surface area contributed by atoms with E-state index in [9.17, 15) is 4.79 Å². The molecule has 0 fully saturated rings. The quantitative estimate of drug-likeness (QED) is 0.893. The molecule has 0 aliphatic carbocycles. The fourth-order valence-electron chi connectivity index (χ4n) is 2.06. The van der Waals surface area contributed by atoms with E-state index in [1.54, 1.807) is 0 Å². The second-order valence-corrected chi connectivity index (χ2v) is 6.64. The first-order chi connectivity index (χ1) is 9.19. The highest BCUT2D eigenvalue weighted by atomic mass is 16.6. The Kier molecular flexibility index (Phi) is 5.61. The van der Waals surface area contributed by atoms with Gasteiger partial charge >= 0.3 is 6.09 Å². The Bertz CT molecular complexity index is 429. The third-order valence-electron chi connectivity index (χ3n) is 3.18. The first kappa shape index (κ1) is 16.5. The van der Waals surface area contributed by atoms with Crippen molar-refractivity contribution in [3.63, 3.8) is 0 Å². The third-order valence-corrected chi connectivity index (χ3v) is 3.18. The lowest BCUT2D eigenvalue weighted by Gasteiger charge is -2.24. The highest BCUT2D eigenvalue weighted by molar-refractivity contribution is 5.67. The zero-order chi connectivity index (χ0) is 15.3. The van der Waals surface area contributed by atoms with Crippen LogP contribution in [0.2, 0.25) is 0 Å². The molecule has 0 saturated carbocycles. The SMILES string of the molecule is Cc1ccc(C(CNC(=O)OC(C)(C)C)C(C)C)cc1.